The van der Waals surface area contributed by atoms with Crippen LogP contribution in [0.3, 0.4) is 0 Å². The predicted octanol–water partition coefficient (Wildman–Crippen LogP) is -4.26. The summed E-state index contributed by atoms with van der Waals surface area (Å²) in [6.07, 6.45) is -8.55. The van der Waals surface area contributed by atoms with Gasteiger partial charge in [-0.05, 0) is 0 Å². The van der Waals surface area contributed by atoms with E-state index in [9.17, 15) is 20.4 Å². The molecule has 7 N–H and O–H groups in total. The van der Waals surface area contributed by atoms with Gasteiger partial charge in [-0.3, -0.25) is 0 Å². The molecule has 0 radical (unpaired) electrons. The third-order valence-corrected chi connectivity index (χ3v) is 4.01. The van der Waals surface area contributed by atoms with Crippen LogP contribution in [0.15, 0.2) is 0 Å². The van der Waals surface area contributed by atoms with Crippen molar-refractivity contribution in [3.8, 4) is 0 Å². The van der Waals surface area contributed by atoms with Gasteiger partial charge in [0, 0.05) is 25.6 Å². The maximum absolute atomic E-state index is 10.1. The Labute approximate surface area is 121 Å². The lowest BCUT2D eigenvalue weighted by atomic mass is 9.94. The SMILES string of the molecule is OC[C@H]1CNC[C@@H](O[C@H]2O[C@H](CO)[C@@H](O)[C@H](O)[C@@H]2O)[C@@H]1O. The molecule has 2 rings (SSSR count). The lowest BCUT2D eigenvalue weighted by molar-refractivity contribution is -0.319. The second-order valence-corrected chi connectivity index (χ2v) is 5.46. The smallest absolute Gasteiger partial charge is 0.187 e. The van der Waals surface area contributed by atoms with Gasteiger partial charge >= 0.3 is 0 Å². The summed E-state index contributed by atoms with van der Waals surface area (Å²) in [5.74, 6) is -0.409. The third kappa shape index (κ3) is 3.52. The van der Waals surface area contributed by atoms with Crippen molar-refractivity contribution in [2.75, 3.05) is 26.3 Å². The molecule has 0 unspecified atom stereocenters. The fourth-order valence-electron chi connectivity index (χ4n) is 2.61. The second-order valence-electron chi connectivity index (χ2n) is 5.46. The number of ether oxygens (including phenoxy) is 2. The zero-order chi connectivity index (χ0) is 15.6. The van der Waals surface area contributed by atoms with Crippen LogP contribution in [0.1, 0.15) is 0 Å². The molecule has 0 aromatic heterocycles. The maximum Gasteiger partial charge on any atom is 0.187 e. The summed E-state index contributed by atoms with van der Waals surface area (Å²) in [5, 5.41) is 60.5. The van der Waals surface area contributed by atoms with Crippen LogP contribution >= 0.6 is 0 Å². The van der Waals surface area contributed by atoms with E-state index < -0.39 is 55.4 Å². The molecule has 2 aliphatic heterocycles. The van der Waals surface area contributed by atoms with E-state index in [1.54, 1.807) is 0 Å². The van der Waals surface area contributed by atoms with Crippen molar-refractivity contribution in [3.63, 3.8) is 0 Å². The molecule has 0 spiro atoms. The lowest BCUT2D eigenvalue weighted by Gasteiger charge is -2.43. The van der Waals surface area contributed by atoms with Gasteiger partial charge in [0.25, 0.3) is 0 Å². The number of hydrogen-bond donors (Lipinski definition) is 7. The van der Waals surface area contributed by atoms with Crippen molar-refractivity contribution in [2.45, 2.75) is 42.9 Å². The fourth-order valence-corrected chi connectivity index (χ4v) is 2.61. The van der Waals surface area contributed by atoms with E-state index in [-0.39, 0.29) is 13.2 Å². The summed E-state index contributed by atoms with van der Waals surface area (Å²) in [4.78, 5) is 0. The largest absolute Gasteiger partial charge is 0.396 e. The van der Waals surface area contributed by atoms with Gasteiger partial charge in [-0.15, -0.1) is 0 Å². The average Bonchev–Trinajstić information content (AvgIpc) is 2.49. The third-order valence-electron chi connectivity index (χ3n) is 4.01. The number of rotatable bonds is 4. The molecule has 0 aliphatic carbocycles. The molecule has 2 heterocycles. The van der Waals surface area contributed by atoms with Crippen LogP contribution in [-0.4, -0.2) is 99.9 Å². The van der Waals surface area contributed by atoms with Crippen LogP contribution in [0.5, 0.6) is 0 Å². The van der Waals surface area contributed by atoms with E-state index in [0.717, 1.165) is 0 Å². The summed E-state index contributed by atoms with van der Waals surface area (Å²) in [6.45, 7) is -0.0445. The minimum Gasteiger partial charge on any atom is -0.396 e. The zero-order valence-electron chi connectivity index (χ0n) is 11.4. The van der Waals surface area contributed by atoms with Crippen molar-refractivity contribution >= 4 is 0 Å². The predicted molar refractivity (Wildman–Crippen MR) is 68.1 cm³/mol. The van der Waals surface area contributed by atoms with Gasteiger partial charge in [0.2, 0.25) is 0 Å². The quantitative estimate of drug-likeness (QED) is 0.274. The monoisotopic (exact) mass is 309 g/mol. The molecule has 0 aromatic carbocycles. The topological polar surface area (TPSA) is 152 Å². The van der Waals surface area contributed by atoms with E-state index >= 15 is 0 Å². The molecular formula is C12H23NO8. The Bertz CT molecular complexity index is 330. The van der Waals surface area contributed by atoms with Gasteiger partial charge in [0.1, 0.15) is 24.4 Å². The van der Waals surface area contributed by atoms with E-state index in [1.165, 1.54) is 0 Å². The van der Waals surface area contributed by atoms with Crippen LogP contribution in [0.2, 0.25) is 0 Å². The van der Waals surface area contributed by atoms with Crippen molar-refractivity contribution < 1.29 is 40.1 Å². The molecule has 8 atom stereocenters. The van der Waals surface area contributed by atoms with Gasteiger partial charge in [-0.2, -0.15) is 0 Å². The summed E-state index contributed by atoms with van der Waals surface area (Å²) < 4.78 is 10.7. The van der Waals surface area contributed by atoms with Gasteiger partial charge in [-0.1, -0.05) is 0 Å². The van der Waals surface area contributed by atoms with Crippen molar-refractivity contribution in [1.82, 2.24) is 5.32 Å². The molecule has 21 heavy (non-hydrogen) atoms. The van der Waals surface area contributed by atoms with Crippen molar-refractivity contribution in [1.29, 1.82) is 0 Å². The first-order valence-corrected chi connectivity index (χ1v) is 6.95. The highest BCUT2D eigenvalue weighted by Crippen LogP contribution is 2.25. The highest BCUT2D eigenvalue weighted by atomic mass is 16.7. The van der Waals surface area contributed by atoms with Crippen molar-refractivity contribution in [2.24, 2.45) is 5.92 Å². The summed E-state index contributed by atoms with van der Waals surface area (Å²) in [6, 6.07) is 0. The van der Waals surface area contributed by atoms with Gasteiger partial charge in [0.15, 0.2) is 6.29 Å². The van der Waals surface area contributed by atoms with Crippen LogP contribution in [0, 0.1) is 5.92 Å². The Hall–Kier alpha value is -0.360. The Morgan fingerprint density at radius 1 is 0.905 bits per heavy atom. The molecule has 9 nitrogen and oxygen atoms in total. The second kappa shape index (κ2) is 7.27. The average molecular weight is 309 g/mol. The molecule has 0 saturated carbocycles. The number of piperidine rings is 1. The molecule has 0 amide bonds. The Balaban J connectivity index is 2.00. The molecule has 2 saturated heterocycles. The molecule has 9 heteroatoms. The summed E-state index contributed by atoms with van der Waals surface area (Å²) in [5.41, 5.74) is 0. The standard InChI is InChI=1S/C12H23NO8/c14-3-5-1-13-2-6(8(5)16)20-12-11(19)10(18)9(17)7(4-15)21-12/h5-19H,1-4H2/t5-,6-,7-,8-,9-,10+,11+,12+/m1/s1. The van der Waals surface area contributed by atoms with E-state index in [1.807, 2.05) is 0 Å². The Morgan fingerprint density at radius 2 is 1.62 bits per heavy atom. The van der Waals surface area contributed by atoms with Gasteiger partial charge < -0.3 is 45.4 Å². The summed E-state index contributed by atoms with van der Waals surface area (Å²) >= 11 is 0. The zero-order valence-corrected chi connectivity index (χ0v) is 11.4. The summed E-state index contributed by atoms with van der Waals surface area (Å²) in [7, 11) is 0. The highest BCUT2D eigenvalue weighted by Gasteiger charge is 2.46. The Morgan fingerprint density at radius 3 is 2.24 bits per heavy atom. The van der Waals surface area contributed by atoms with Crippen LogP contribution < -0.4 is 5.32 Å². The first kappa shape index (κ1) is 17.0. The fraction of sp³-hybridized carbons (Fsp3) is 1.00. The van der Waals surface area contributed by atoms with Gasteiger partial charge in [-0.25, -0.2) is 0 Å². The number of aliphatic hydroxyl groups is 6. The molecule has 2 fully saturated rings. The number of aliphatic hydroxyl groups excluding tert-OH is 6. The molecule has 2 aliphatic rings. The van der Waals surface area contributed by atoms with Crippen LogP contribution in [0.4, 0.5) is 0 Å². The van der Waals surface area contributed by atoms with E-state index in [0.29, 0.717) is 6.54 Å². The van der Waals surface area contributed by atoms with Crippen LogP contribution in [0.25, 0.3) is 0 Å². The molecule has 124 valence electrons. The molecule has 0 aromatic rings. The first-order chi connectivity index (χ1) is 9.99. The number of hydrogen-bond acceptors (Lipinski definition) is 9. The molecule has 0 bridgehead atoms. The lowest BCUT2D eigenvalue weighted by Crippen LogP contribution is -2.62. The minimum absolute atomic E-state index is 0.220. The van der Waals surface area contributed by atoms with Gasteiger partial charge in [0.05, 0.1) is 18.8 Å². The highest BCUT2D eigenvalue weighted by molar-refractivity contribution is 4.91. The van der Waals surface area contributed by atoms with E-state index in [4.69, 9.17) is 19.7 Å². The first-order valence-electron chi connectivity index (χ1n) is 6.95. The van der Waals surface area contributed by atoms with E-state index in [2.05, 4.69) is 5.32 Å². The Kier molecular flexibility index (Phi) is 5.88. The maximum atomic E-state index is 10.1. The normalized spacial score (nSPS) is 48.3. The van der Waals surface area contributed by atoms with Crippen LogP contribution in [-0.2, 0) is 9.47 Å². The molecular weight excluding hydrogens is 286 g/mol. The number of nitrogens with one attached hydrogen (secondary N) is 1. The minimum atomic E-state index is -1.52. The van der Waals surface area contributed by atoms with Crippen molar-refractivity contribution in [3.05, 3.63) is 0 Å².